The zero-order valence-electron chi connectivity index (χ0n) is 18.9. The van der Waals surface area contributed by atoms with Crippen LogP contribution in [0.4, 0.5) is 17.2 Å². The number of hydrogen-bond donors (Lipinski definition) is 1. The fourth-order valence-electron chi connectivity index (χ4n) is 4.58. The molecule has 31 heavy (non-hydrogen) atoms. The monoisotopic (exact) mass is 423 g/mol. The summed E-state index contributed by atoms with van der Waals surface area (Å²) in [6.07, 6.45) is 5.83. The van der Waals surface area contributed by atoms with Gasteiger partial charge in [-0.2, -0.15) is 0 Å². The van der Waals surface area contributed by atoms with Crippen molar-refractivity contribution in [3.8, 4) is 0 Å². The number of amides is 1. The Morgan fingerprint density at radius 1 is 1.16 bits per heavy atom. The summed E-state index contributed by atoms with van der Waals surface area (Å²) in [4.78, 5) is 20.2. The molecule has 2 heterocycles. The van der Waals surface area contributed by atoms with E-state index in [1.54, 1.807) is 13.3 Å². The number of pyridine rings is 1. The molecule has 166 valence electrons. The number of anilines is 3. The summed E-state index contributed by atoms with van der Waals surface area (Å²) in [5, 5.41) is 3.44. The van der Waals surface area contributed by atoms with Crippen molar-refractivity contribution in [3.05, 3.63) is 47.7 Å². The summed E-state index contributed by atoms with van der Waals surface area (Å²) in [6, 6.07) is 10.1. The van der Waals surface area contributed by atoms with Crippen LogP contribution >= 0.6 is 0 Å². The summed E-state index contributed by atoms with van der Waals surface area (Å²) in [5.41, 5.74) is 3.86. The number of carbonyl (C=O) groups excluding carboxylic acids is 1. The molecule has 1 aliphatic carbocycles. The van der Waals surface area contributed by atoms with Gasteiger partial charge in [0.25, 0.3) is 0 Å². The molecular formula is C25H33N3O3. The van der Waals surface area contributed by atoms with Gasteiger partial charge in [0.15, 0.2) is 0 Å². The minimum Gasteiger partial charge on any atom is -0.377 e. The van der Waals surface area contributed by atoms with Gasteiger partial charge in [0.05, 0.1) is 36.2 Å². The quantitative estimate of drug-likeness (QED) is 0.701. The number of ether oxygens (including phenoxy) is 2. The van der Waals surface area contributed by atoms with Gasteiger partial charge in [0.2, 0.25) is 5.91 Å². The van der Waals surface area contributed by atoms with Gasteiger partial charge < -0.3 is 19.7 Å². The highest BCUT2D eigenvalue weighted by Crippen LogP contribution is 2.39. The maximum atomic E-state index is 13.8. The van der Waals surface area contributed by atoms with Gasteiger partial charge in [-0.1, -0.05) is 12.1 Å². The first kappa shape index (κ1) is 21.8. The summed E-state index contributed by atoms with van der Waals surface area (Å²) in [7, 11) is 1.70. The minimum atomic E-state index is -0.0466. The first-order valence-electron chi connectivity index (χ1n) is 11.3. The van der Waals surface area contributed by atoms with Gasteiger partial charge in [-0.3, -0.25) is 4.79 Å². The number of carbonyl (C=O) groups is 1. The zero-order chi connectivity index (χ0) is 22.0. The number of methoxy groups -OCH3 is 1. The summed E-state index contributed by atoms with van der Waals surface area (Å²) >= 11 is 0. The van der Waals surface area contributed by atoms with E-state index in [1.807, 2.05) is 36.1 Å². The predicted octanol–water partition coefficient (Wildman–Crippen LogP) is 5.36. The Morgan fingerprint density at radius 2 is 1.94 bits per heavy atom. The van der Waals surface area contributed by atoms with Crippen LogP contribution in [0.2, 0.25) is 0 Å². The molecule has 1 N–H and O–H groups in total. The second kappa shape index (κ2) is 9.37. The third kappa shape index (κ3) is 4.75. The third-order valence-corrected chi connectivity index (χ3v) is 6.36. The Labute approximate surface area is 185 Å². The van der Waals surface area contributed by atoms with Crippen LogP contribution in [0.25, 0.3) is 0 Å². The second-order valence-electron chi connectivity index (χ2n) is 8.87. The van der Waals surface area contributed by atoms with Crippen molar-refractivity contribution in [2.24, 2.45) is 5.92 Å². The van der Waals surface area contributed by atoms with Crippen molar-refractivity contribution in [2.75, 3.05) is 17.3 Å². The van der Waals surface area contributed by atoms with E-state index in [-0.39, 0.29) is 30.1 Å². The normalized spacial score (nSPS) is 21.6. The zero-order valence-corrected chi connectivity index (χ0v) is 18.9. The van der Waals surface area contributed by atoms with E-state index in [9.17, 15) is 4.79 Å². The van der Waals surface area contributed by atoms with Crippen molar-refractivity contribution in [2.45, 2.75) is 71.3 Å². The third-order valence-electron chi connectivity index (χ3n) is 6.36. The number of rotatable bonds is 5. The second-order valence-corrected chi connectivity index (χ2v) is 8.87. The maximum Gasteiger partial charge on any atom is 0.230 e. The highest BCUT2D eigenvalue weighted by Gasteiger charge is 2.33. The van der Waals surface area contributed by atoms with E-state index >= 15 is 0 Å². The molecule has 2 aliphatic rings. The molecule has 1 aliphatic heterocycles. The SMILES string of the molecule is COC(C)c1ccc2c(c1)N(C(=O)C1CCC(OC(C)C)CC1)Cc1cccnc1N2. The first-order valence-corrected chi connectivity index (χ1v) is 11.3. The fourth-order valence-corrected chi connectivity index (χ4v) is 4.58. The first-order chi connectivity index (χ1) is 15.0. The standard InChI is InChI=1S/C25H33N3O3/c1-16(2)31-21-10-7-18(8-11-21)25(29)28-15-20-6-5-13-26-24(20)27-22-12-9-19(14-23(22)28)17(3)30-4/h5-6,9,12-14,16-18,21H,7-8,10-11,15H2,1-4H3,(H,26,27). The molecule has 1 amide bonds. The van der Waals surface area contributed by atoms with Crippen LogP contribution in [0.15, 0.2) is 36.5 Å². The molecule has 1 atom stereocenters. The molecule has 4 rings (SSSR count). The highest BCUT2D eigenvalue weighted by atomic mass is 16.5. The van der Waals surface area contributed by atoms with Gasteiger partial charge in [0.1, 0.15) is 5.82 Å². The number of benzene rings is 1. The van der Waals surface area contributed by atoms with Crippen molar-refractivity contribution >= 4 is 23.1 Å². The van der Waals surface area contributed by atoms with Crippen LogP contribution < -0.4 is 10.2 Å². The number of nitrogens with zero attached hydrogens (tertiary/aromatic N) is 2. The molecule has 0 saturated heterocycles. The van der Waals surface area contributed by atoms with E-state index < -0.39 is 0 Å². The smallest absolute Gasteiger partial charge is 0.230 e. The topological polar surface area (TPSA) is 63.7 Å². The largest absolute Gasteiger partial charge is 0.377 e. The van der Waals surface area contributed by atoms with Crippen LogP contribution in [-0.4, -0.2) is 30.2 Å². The van der Waals surface area contributed by atoms with Crippen molar-refractivity contribution in [3.63, 3.8) is 0 Å². The molecule has 1 unspecified atom stereocenters. The van der Waals surface area contributed by atoms with Crippen LogP contribution in [-0.2, 0) is 20.8 Å². The van der Waals surface area contributed by atoms with E-state index in [0.717, 1.165) is 54.0 Å². The van der Waals surface area contributed by atoms with Crippen molar-refractivity contribution < 1.29 is 14.3 Å². The lowest BCUT2D eigenvalue weighted by Gasteiger charge is -2.33. The molecule has 0 bridgehead atoms. The molecule has 1 aromatic carbocycles. The lowest BCUT2D eigenvalue weighted by molar-refractivity contribution is -0.124. The molecule has 0 radical (unpaired) electrons. The Bertz CT molecular complexity index is 922. The van der Waals surface area contributed by atoms with E-state index in [2.05, 4.69) is 30.2 Å². The summed E-state index contributed by atoms with van der Waals surface area (Å²) in [5.74, 6) is 1.01. The van der Waals surface area contributed by atoms with Crippen molar-refractivity contribution in [1.29, 1.82) is 0 Å². The molecule has 1 aromatic heterocycles. The van der Waals surface area contributed by atoms with Crippen LogP contribution in [0, 0.1) is 5.92 Å². The van der Waals surface area contributed by atoms with Gasteiger partial charge in [-0.05, 0) is 70.2 Å². The lowest BCUT2D eigenvalue weighted by Crippen LogP contribution is -2.38. The number of aromatic nitrogens is 1. The fraction of sp³-hybridized carbons (Fsp3) is 0.520. The van der Waals surface area contributed by atoms with E-state index in [1.165, 1.54) is 0 Å². The Balaban J connectivity index is 1.63. The molecule has 0 spiro atoms. The van der Waals surface area contributed by atoms with Gasteiger partial charge >= 0.3 is 0 Å². The minimum absolute atomic E-state index is 0.0154. The molecular weight excluding hydrogens is 390 g/mol. The van der Waals surface area contributed by atoms with E-state index in [0.29, 0.717) is 6.54 Å². The van der Waals surface area contributed by atoms with Gasteiger partial charge in [0, 0.05) is 24.8 Å². The van der Waals surface area contributed by atoms with E-state index in [4.69, 9.17) is 9.47 Å². The maximum absolute atomic E-state index is 13.8. The molecule has 6 nitrogen and oxygen atoms in total. The van der Waals surface area contributed by atoms with Crippen LogP contribution in [0.3, 0.4) is 0 Å². The number of fused-ring (bicyclic) bond motifs is 2. The lowest BCUT2D eigenvalue weighted by atomic mass is 9.86. The Hall–Kier alpha value is -2.44. The number of hydrogen-bond acceptors (Lipinski definition) is 5. The summed E-state index contributed by atoms with van der Waals surface area (Å²) < 4.78 is 11.5. The Morgan fingerprint density at radius 3 is 2.65 bits per heavy atom. The Kier molecular flexibility index (Phi) is 6.58. The average Bonchev–Trinajstić information content (AvgIpc) is 2.94. The van der Waals surface area contributed by atoms with Crippen molar-refractivity contribution in [1.82, 2.24) is 4.98 Å². The van der Waals surface area contributed by atoms with Gasteiger partial charge in [-0.25, -0.2) is 4.98 Å². The van der Waals surface area contributed by atoms with Crippen LogP contribution in [0.5, 0.6) is 0 Å². The molecule has 2 aromatic rings. The van der Waals surface area contributed by atoms with Crippen LogP contribution in [0.1, 0.15) is 63.7 Å². The average molecular weight is 424 g/mol. The number of nitrogens with one attached hydrogen (secondary N) is 1. The molecule has 1 saturated carbocycles. The molecule has 1 fully saturated rings. The highest BCUT2D eigenvalue weighted by molar-refractivity contribution is 5.99. The van der Waals surface area contributed by atoms with Gasteiger partial charge in [-0.15, -0.1) is 0 Å². The predicted molar refractivity (Wildman–Crippen MR) is 123 cm³/mol. The molecule has 6 heteroatoms. The summed E-state index contributed by atoms with van der Waals surface area (Å²) in [6.45, 7) is 6.67.